The van der Waals surface area contributed by atoms with Gasteiger partial charge in [0.2, 0.25) is 0 Å². The number of rotatable bonds is 4. The summed E-state index contributed by atoms with van der Waals surface area (Å²) in [5.41, 5.74) is -0.227. The van der Waals surface area contributed by atoms with E-state index < -0.39 is 0 Å². The van der Waals surface area contributed by atoms with Gasteiger partial charge >= 0.3 is 0 Å². The molecule has 2 heteroatoms. The van der Waals surface area contributed by atoms with E-state index in [1.807, 2.05) is 13.8 Å². The largest absolute Gasteiger partial charge is 0.370 e. The van der Waals surface area contributed by atoms with E-state index in [1.165, 1.54) is 0 Å². The molecule has 0 atom stereocenters. The van der Waals surface area contributed by atoms with E-state index in [2.05, 4.69) is 6.58 Å². The summed E-state index contributed by atoms with van der Waals surface area (Å²) in [5.74, 6) is 0.539. The normalized spacial score (nSPS) is 11.4. The second-order valence-electron chi connectivity index (χ2n) is 2.35. The predicted molar refractivity (Wildman–Crippen MR) is 40.9 cm³/mol. The Morgan fingerprint density at radius 1 is 1.67 bits per heavy atom. The van der Waals surface area contributed by atoms with E-state index in [0.717, 1.165) is 0 Å². The molecule has 0 amide bonds. The van der Waals surface area contributed by atoms with Gasteiger partial charge in [0.15, 0.2) is 0 Å². The highest BCUT2D eigenvalue weighted by Crippen LogP contribution is 2.08. The van der Waals surface area contributed by atoms with Crippen LogP contribution in [0.25, 0.3) is 0 Å². The van der Waals surface area contributed by atoms with Crippen molar-refractivity contribution in [2.75, 3.05) is 12.5 Å². The van der Waals surface area contributed by atoms with E-state index in [0.29, 0.717) is 12.5 Å². The minimum atomic E-state index is -0.227. The summed E-state index contributed by atoms with van der Waals surface area (Å²) in [6, 6.07) is 0. The van der Waals surface area contributed by atoms with Gasteiger partial charge < -0.3 is 4.74 Å². The smallest absolute Gasteiger partial charge is 0.0804 e. The zero-order valence-corrected chi connectivity index (χ0v) is 6.74. The highest BCUT2D eigenvalue weighted by atomic mass is 35.5. The van der Waals surface area contributed by atoms with Crippen LogP contribution in [0.2, 0.25) is 0 Å². The Bertz CT molecular complexity index is 88.9. The van der Waals surface area contributed by atoms with Crippen LogP contribution in [-0.2, 0) is 4.74 Å². The monoisotopic (exact) mass is 148 g/mol. The van der Waals surface area contributed by atoms with Gasteiger partial charge in [-0.2, -0.15) is 0 Å². The van der Waals surface area contributed by atoms with Crippen molar-refractivity contribution in [2.24, 2.45) is 0 Å². The highest BCUT2D eigenvalue weighted by molar-refractivity contribution is 6.17. The van der Waals surface area contributed by atoms with Gasteiger partial charge in [0.1, 0.15) is 0 Å². The quantitative estimate of drug-likeness (QED) is 0.439. The highest BCUT2D eigenvalue weighted by Gasteiger charge is 2.10. The number of hydrogen-bond acceptors (Lipinski definition) is 1. The summed E-state index contributed by atoms with van der Waals surface area (Å²) in [7, 11) is 0. The molecule has 0 heterocycles. The third-order valence-corrected chi connectivity index (χ3v) is 1.20. The Labute approximate surface area is 61.7 Å². The molecular weight excluding hydrogens is 136 g/mol. The van der Waals surface area contributed by atoms with Crippen molar-refractivity contribution in [3.05, 3.63) is 12.7 Å². The number of halogens is 1. The maximum absolute atomic E-state index is 5.41. The molecule has 0 fully saturated rings. The minimum absolute atomic E-state index is 0.227. The van der Waals surface area contributed by atoms with Crippen molar-refractivity contribution >= 4 is 11.6 Å². The third-order valence-electron chi connectivity index (χ3n) is 1.04. The zero-order valence-electron chi connectivity index (χ0n) is 5.98. The minimum Gasteiger partial charge on any atom is -0.370 e. The lowest BCUT2D eigenvalue weighted by atomic mass is 10.1. The maximum Gasteiger partial charge on any atom is 0.0804 e. The Balaban J connectivity index is 3.45. The average molecular weight is 149 g/mol. The van der Waals surface area contributed by atoms with Crippen LogP contribution < -0.4 is 0 Å². The molecule has 0 unspecified atom stereocenters. The van der Waals surface area contributed by atoms with E-state index in [1.54, 1.807) is 6.08 Å². The number of hydrogen-bond donors (Lipinski definition) is 0. The molecule has 0 saturated carbocycles. The standard InChI is InChI=1S/C7H13ClO/c1-4-7(2,3)9-6-5-8/h4H,1,5-6H2,2-3H3. The zero-order chi connectivity index (χ0) is 7.33. The van der Waals surface area contributed by atoms with Crippen LogP contribution in [0.3, 0.4) is 0 Å². The molecule has 0 aromatic heterocycles. The molecule has 0 aliphatic rings. The van der Waals surface area contributed by atoms with E-state index in [9.17, 15) is 0 Å². The van der Waals surface area contributed by atoms with Crippen LogP contribution in [0.5, 0.6) is 0 Å². The molecule has 0 radical (unpaired) electrons. The van der Waals surface area contributed by atoms with Crippen molar-refractivity contribution < 1.29 is 4.74 Å². The second-order valence-corrected chi connectivity index (χ2v) is 2.72. The molecule has 0 saturated heterocycles. The molecule has 0 aromatic carbocycles. The first-order valence-electron chi connectivity index (χ1n) is 2.96. The molecule has 0 aliphatic carbocycles. The lowest BCUT2D eigenvalue weighted by Crippen LogP contribution is -2.21. The summed E-state index contributed by atoms with van der Waals surface area (Å²) in [6.45, 7) is 8.10. The van der Waals surface area contributed by atoms with Crippen LogP contribution in [0, 0.1) is 0 Å². The van der Waals surface area contributed by atoms with Gasteiger partial charge in [-0.25, -0.2) is 0 Å². The fourth-order valence-electron chi connectivity index (χ4n) is 0.361. The van der Waals surface area contributed by atoms with Crippen LogP contribution in [0.15, 0.2) is 12.7 Å². The molecule has 0 spiro atoms. The van der Waals surface area contributed by atoms with Crippen molar-refractivity contribution in [1.29, 1.82) is 0 Å². The van der Waals surface area contributed by atoms with Gasteiger partial charge in [0.25, 0.3) is 0 Å². The summed E-state index contributed by atoms with van der Waals surface area (Å²) in [4.78, 5) is 0. The summed E-state index contributed by atoms with van der Waals surface area (Å²) in [5, 5.41) is 0. The molecule has 0 aromatic rings. The predicted octanol–water partition coefficient (Wildman–Crippen LogP) is 2.21. The summed E-state index contributed by atoms with van der Waals surface area (Å²) >= 11 is 5.41. The van der Waals surface area contributed by atoms with E-state index >= 15 is 0 Å². The average Bonchev–Trinajstić information content (AvgIpc) is 1.84. The van der Waals surface area contributed by atoms with Crippen LogP contribution in [-0.4, -0.2) is 18.1 Å². The van der Waals surface area contributed by atoms with Crippen molar-refractivity contribution in [1.82, 2.24) is 0 Å². The molecular formula is C7H13ClO. The molecule has 1 nitrogen and oxygen atoms in total. The van der Waals surface area contributed by atoms with E-state index in [-0.39, 0.29) is 5.60 Å². The molecule has 0 N–H and O–H groups in total. The fraction of sp³-hybridized carbons (Fsp3) is 0.714. The Kier molecular flexibility index (Phi) is 3.91. The number of ether oxygens (including phenoxy) is 1. The van der Waals surface area contributed by atoms with Gasteiger partial charge in [0.05, 0.1) is 12.2 Å². The Hall–Kier alpha value is -0.0100. The molecule has 0 bridgehead atoms. The van der Waals surface area contributed by atoms with Crippen LogP contribution in [0.1, 0.15) is 13.8 Å². The van der Waals surface area contributed by atoms with Gasteiger partial charge in [-0.15, -0.1) is 18.2 Å². The third kappa shape index (κ3) is 4.49. The molecule has 54 valence electrons. The Morgan fingerprint density at radius 2 is 2.22 bits per heavy atom. The maximum atomic E-state index is 5.41. The molecule has 0 rings (SSSR count). The molecule has 9 heavy (non-hydrogen) atoms. The summed E-state index contributed by atoms with van der Waals surface area (Å²) < 4.78 is 5.28. The van der Waals surface area contributed by atoms with Gasteiger partial charge in [0, 0.05) is 5.88 Å². The van der Waals surface area contributed by atoms with Crippen LogP contribution >= 0.6 is 11.6 Å². The molecule has 0 aliphatic heterocycles. The first kappa shape index (κ1) is 8.99. The first-order chi connectivity index (χ1) is 4.12. The number of alkyl halides is 1. The van der Waals surface area contributed by atoms with Gasteiger partial charge in [-0.05, 0) is 13.8 Å². The lowest BCUT2D eigenvalue weighted by Gasteiger charge is -2.19. The SMILES string of the molecule is C=CC(C)(C)OCCCl. The van der Waals surface area contributed by atoms with Crippen LogP contribution in [0.4, 0.5) is 0 Å². The van der Waals surface area contributed by atoms with E-state index in [4.69, 9.17) is 16.3 Å². The van der Waals surface area contributed by atoms with Gasteiger partial charge in [-0.3, -0.25) is 0 Å². The van der Waals surface area contributed by atoms with Crippen molar-refractivity contribution in [2.45, 2.75) is 19.4 Å². The van der Waals surface area contributed by atoms with Crippen molar-refractivity contribution in [3.8, 4) is 0 Å². The van der Waals surface area contributed by atoms with Crippen molar-refractivity contribution in [3.63, 3.8) is 0 Å². The first-order valence-corrected chi connectivity index (χ1v) is 3.49. The topological polar surface area (TPSA) is 9.23 Å². The lowest BCUT2D eigenvalue weighted by molar-refractivity contribution is 0.0301. The van der Waals surface area contributed by atoms with Gasteiger partial charge in [-0.1, -0.05) is 6.08 Å². The second kappa shape index (κ2) is 3.91. The Morgan fingerprint density at radius 3 is 2.56 bits per heavy atom. The summed E-state index contributed by atoms with van der Waals surface area (Å²) in [6.07, 6.45) is 1.76. The fourth-order valence-corrected chi connectivity index (χ4v) is 0.438.